The molecule has 4 rings (SSSR count). The Balaban J connectivity index is 1.27. The molecule has 2 aromatic rings. The highest BCUT2D eigenvalue weighted by molar-refractivity contribution is 5.86. The Morgan fingerprint density at radius 2 is 1.64 bits per heavy atom. The van der Waals surface area contributed by atoms with E-state index in [0.717, 1.165) is 35.1 Å². The standard InChI is InChI=1S/C37H47N3O7/c1-4-6-18-32(39-36(45)46-23-31-29-16-9-7-14-27(29)28-15-8-10-17-30(28)31)35(44)47-25(3)22-38-34(43)26(13-5-2)21-33(42)40-37(24-41)19-11-12-20-37/h4-5,7-10,14-17,25-26,31-32,41H,1-2,6,11-13,18-24H2,3H3,(H,38,43)(H,39,45)(H,40,42). The van der Waals surface area contributed by atoms with Crippen molar-refractivity contribution in [3.8, 4) is 11.1 Å². The number of aliphatic hydroxyl groups excluding tert-OH is 1. The summed E-state index contributed by atoms with van der Waals surface area (Å²) >= 11 is 0. The van der Waals surface area contributed by atoms with Crippen molar-refractivity contribution in [2.45, 2.75) is 81.9 Å². The minimum Gasteiger partial charge on any atom is -0.459 e. The molecule has 0 saturated heterocycles. The van der Waals surface area contributed by atoms with E-state index < -0.39 is 35.7 Å². The first-order valence-corrected chi connectivity index (χ1v) is 16.4. The Labute approximate surface area is 277 Å². The van der Waals surface area contributed by atoms with E-state index in [1.807, 2.05) is 36.4 Å². The Bertz CT molecular complexity index is 1390. The van der Waals surface area contributed by atoms with Crippen molar-refractivity contribution in [2.75, 3.05) is 19.8 Å². The monoisotopic (exact) mass is 645 g/mol. The molecule has 10 heteroatoms. The number of ether oxygens (including phenoxy) is 2. The molecule has 1 fully saturated rings. The van der Waals surface area contributed by atoms with Gasteiger partial charge in [-0.3, -0.25) is 9.59 Å². The highest BCUT2D eigenvalue weighted by Crippen LogP contribution is 2.44. The third-order valence-corrected chi connectivity index (χ3v) is 8.98. The zero-order valence-corrected chi connectivity index (χ0v) is 27.2. The van der Waals surface area contributed by atoms with Crippen LogP contribution in [0.2, 0.25) is 0 Å². The number of alkyl carbamates (subject to hydrolysis) is 1. The van der Waals surface area contributed by atoms with E-state index in [1.54, 1.807) is 19.1 Å². The normalized spacial score (nSPS) is 16.5. The van der Waals surface area contributed by atoms with E-state index in [9.17, 15) is 24.3 Å². The van der Waals surface area contributed by atoms with Crippen LogP contribution in [0.15, 0.2) is 73.8 Å². The maximum absolute atomic E-state index is 13.1. The fraction of sp³-hybridized carbons (Fsp3) is 0.459. The first-order chi connectivity index (χ1) is 22.7. The number of fused-ring (bicyclic) bond motifs is 3. The summed E-state index contributed by atoms with van der Waals surface area (Å²) in [4.78, 5) is 51.7. The molecule has 3 unspecified atom stereocenters. The van der Waals surface area contributed by atoms with Crippen LogP contribution in [-0.2, 0) is 23.9 Å². The van der Waals surface area contributed by atoms with E-state index in [4.69, 9.17) is 9.47 Å². The smallest absolute Gasteiger partial charge is 0.407 e. The topological polar surface area (TPSA) is 143 Å². The number of aliphatic hydroxyl groups is 1. The summed E-state index contributed by atoms with van der Waals surface area (Å²) in [7, 11) is 0. The molecule has 0 aliphatic heterocycles. The van der Waals surface area contributed by atoms with E-state index in [1.165, 1.54) is 0 Å². The highest BCUT2D eigenvalue weighted by Gasteiger charge is 2.36. The average Bonchev–Trinajstić information content (AvgIpc) is 3.67. The van der Waals surface area contributed by atoms with Gasteiger partial charge in [0.2, 0.25) is 11.8 Å². The predicted octanol–water partition coefficient (Wildman–Crippen LogP) is 4.91. The van der Waals surface area contributed by atoms with Crippen molar-refractivity contribution in [1.82, 2.24) is 16.0 Å². The second kappa shape index (κ2) is 16.9. The molecular weight excluding hydrogens is 598 g/mol. The number of amides is 3. The molecule has 0 heterocycles. The number of carbonyl (C=O) groups excluding carboxylic acids is 4. The quantitative estimate of drug-likeness (QED) is 0.141. The number of allylic oxidation sites excluding steroid dienone is 2. The Kier molecular flexibility index (Phi) is 12.8. The van der Waals surface area contributed by atoms with Crippen molar-refractivity contribution < 1.29 is 33.8 Å². The molecule has 0 radical (unpaired) electrons. The van der Waals surface area contributed by atoms with Crippen LogP contribution >= 0.6 is 0 Å². The predicted molar refractivity (Wildman–Crippen MR) is 179 cm³/mol. The molecule has 2 aromatic carbocycles. The number of nitrogens with one attached hydrogen (secondary N) is 3. The second-order valence-corrected chi connectivity index (χ2v) is 12.5. The third-order valence-electron chi connectivity index (χ3n) is 8.98. The van der Waals surface area contributed by atoms with Gasteiger partial charge in [0, 0.05) is 12.3 Å². The van der Waals surface area contributed by atoms with Crippen molar-refractivity contribution in [2.24, 2.45) is 5.92 Å². The third kappa shape index (κ3) is 9.32. The number of carbonyl (C=O) groups is 4. The Hall–Kier alpha value is -4.44. The van der Waals surface area contributed by atoms with Crippen LogP contribution in [0, 0.1) is 5.92 Å². The van der Waals surface area contributed by atoms with Gasteiger partial charge >= 0.3 is 12.1 Å². The van der Waals surface area contributed by atoms with E-state index >= 15 is 0 Å². The molecule has 0 bridgehead atoms. The lowest BCUT2D eigenvalue weighted by Gasteiger charge is -2.29. The lowest BCUT2D eigenvalue weighted by molar-refractivity contribution is -0.151. The number of benzene rings is 2. The molecule has 3 atom stereocenters. The van der Waals surface area contributed by atoms with Gasteiger partial charge in [0.05, 0.1) is 24.6 Å². The van der Waals surface area contributed by atoms with Gasteiger partial charge in [-0.05, 0) is 61.3 Å². The maximum Gasteiger partial charge on any atom is 0.407 e. The van der Waals surface area contributed by atoms with Crippen LogP contribution in [0.1, 0.15) is 75.3 Å². The molecule has 10 nitrogen and oxygen atoms in total. The fourth-order valence-electron chi connectivity index (χ4n) is 6.46. The molecule has 252 valence electrons. The highest BCUT2D eigenvalue weighted by atomic mass is 16.6. The van der Waals surface area contributed by atoms with E-state index in [0.29, 0.717) is 19.3 Å². The van der Waals surface area contributed by atoms with Gasteiger partial charge in [-0.25, -0.2) is 9.59 Å². The van der Waals surface area contributed by atoms with Crippen LogP contribution in [-0.4, -0.2) is 66.4 Å². The Morgan fingerprint density at radius 1 is 1.00 bits per heavy atom. The molecule has 2 aliphatic rings. The maximum atomic E-state index is 13.1. The average molecular weight is 646 g/mol. The van der Waals surface area contributed by atoms with Gasteiger partial charge in [0.25, 0.3) is 0 Å². The lowest BCUT2D eigenvalue weighted by atomic mass is 9.95. The molecule has 0 spiro atoms. The van der Waals surface area contributed by atoms with Gasteiger partial charge in [-0.1, -0.05) is 73.5 Å². The number of rotatable bonds is 17. The number of hydrogen-bond acceptors (Lipinski definition) is 7. The summed E-state index contributed by atoms with van der Waals surface area (Å²) in [5.74, 6) is -2.11. The summed E-state index contributed by atoms with van der Waals surface area (Å²) in [6, 6.07) is 15.1. The minimum absolute atomic E-state index is 0.0134. The summed E-state index contributed by atoms with van der Waals surface area (Å²) in [6.07, 6.45) is 6.02. The zero-order valence-electron chi connectivity index (χ0n) is 27.2. The van der Waals surface area contributed by atoms with Gasteiger partial charge in [0.15, 0.2) is 0 Å². The van der Waals surface area contributed by atoms with Crippen LogP contribution in [0.25, 0.3) is 11.1 Å². The summed E-state index contributed by atoms with van der Waals surface area (Å²) in [6.45, 7) is 9.04. The molecular formula is C37H47N3O7. The molecule has 1 saturated carbocycles. The van der Waals surface area contributed by atoms with E-state index in [-0.39, 0.29) is 56.8 Å². The lowest BCUT2D eigenvalue weighted by Crippen LogP contribution is -2.50. The van der Waals surface area contributed by atoms with Crippen LogP contribution < -0.4 is 16.0 Å². The summed E-state index contributed by atoms with van der Waals surface area (Å²) in [5.41, 5.74) is 3.77. The Morgan fingerprint density at radius 3 is 2.23 bits per heavy atom. The van der Waals surface area contributed by atoms with Gasteiger partial charge in [-0.2, -0.15) is 0 Å². The molecule has 3 amide bonds. The SMILES string of the molecule is C=CCCC(NC(=O)OCC1c2ccccc2-c2ccccc21)C(=O)OC(C)CNC(=O)C(CC=C)CC(=O)NC1(CO)CCCC1. The summed E-state index contributed by atoms with van der Waals surface area (Å²) in [5, 5.41) is 18.2. The van der Waals surface area contributed by atoms with Crippen LogP contribution in [0.3, 0.4) is 0 Å². The molecule has 47 heavy (non-hydrogen) atoms. The molecule has 2 aliphatic carbocycles. The van der Waals surface area contributed by atoms with Crippen molar-refractivity contribution in [1.29, 1.82) is 0 Å². The first kappa shape index (κ1) is 35.4. The van der Waals surface area contributed by atoms with Crippen molar-refractivity contribution in [3.05, 3.63) is 85.0 Å². The first-order valence-electron chi connectivity index (χ1n) is 16.4. The van der Waals surface area contributed by atoms with E-state index in [2.05, 4.69) is 41.2 Å². The van der Waals surface area contributed by atoms with Gasteiger partial charge in [-0.15, -0.1) is 13.2 Å². The molecule has 0 aromatic heterocycles. The largest absolute Gasteiger partial charge is 0.459 e. The van der Waals surface area contributed by atoms with Crippen LogP contribution in [0.4, 0.5) is 4.79 Å². The van der Waals surface area contributed by atoms with Crippen LogP contribution in [0.5, 0.6) is 0 Å². The van der Waals surface area contributed by atoms with Gasteiger partial charge in [0.1, 0.15) is 18.8 Å². The zero-order chi connectivity index (χ0) is 33.8. The number of hydrogen-bond donors (Lipinski definition) is 4. The second-order valence-electron chi connectivity index (χ2n) is 12.5. The van der Waals surface area contributed by atoms with Crippen molar-refractivity contribution in [3.63, 3.8) is 0 Å². The number of esters is 1. The fourth-order valence-corrected chi connectivity index (χ4v) is 6.46. The van der Waals surface area contributed by atoms with Gasteiger partial charge < -0.3 is 30.5 Å². The minimum atomic E-state index is -0.978. The van der Waals surface area contributed by atoms with Crippen molar-refractivity contribution >= 4 is 23.9 Å². The molecule has 4 N–H and O–H groups in total. The summed E-state index contributed by atoms with van der Waals surface area (Å²) < 4.78 is 11.2.